The first-order valence-corrected chi connectivity index (χ1v) is 5.92. The maximum atomic E-state index is 9.23. The molecule has 0 aliphatic carbocycles. The SMILES string of the molecule is Cc1nc2ccc(C3(C#N)COC3)cc2s1. The molecule has 0 spiro atoms. The number of fused-ring (bicyclic) bond motifs is 1. The largest absolute Gasteiger partial charge is 0.377 e. The van der Waals surface area contributed by atoms with Crippen LogP contribution in [0.15, 0.2) is 18.2 Å². The van der Waals surface area contributed by atoms with Gasteiger partial charge in [0.1, 0.15) is 5.41 Å². The van der Waals surface area contributed by atoms with Crippen LogP contribution in [0.25, 0.3) is 10.2 Å². The van der Waals surface area contributed by atoms with Crippen LogP contribution in [0.1, 0.15) is 10.6 Å². The Morgan fingerprint density at radius 3 is 2.94 bits per heavy atom. The minimum absolute atomic E-state index is 0.425. The van der Waals surface area contributed by atoms with Crippen molar-refractivity contribution < 1.29 is 4.74 Å². The second-order valence-electron chi connectivity index (χ2n) is 4.10. The number of nitrogens with zero attached hydrogens (tertiary/aromatic N) is 2. The van der Waals surface area contributed by atoms with Crippen LogP contribution in [-0.2, 0) is 10.2 Å². The van der Waals surface area contributed by atoms with E-state index in [9.17, 15) is 5.26 Å². The topological polar surface area (TPSA) is 45.9 Å². The summed E-state index contributed by atoms with van der Waals surface area (Å²) in [6.07, 6.45) is 0. The number of aryl methyl sites for hydroxylation is 1. The quantitative estimate of drug-likeness (QED) is 0.755. The Hall–Kier alpha value is -1.44. The van der Waals surface area contributed by atoms with Crippen molar-refractivity contribution in [2.75, 3.05) is 13.2 Å². The van der Waals surface area contributed by atoms with E-state index in [1.807, 2.05) is 19.1 Å². The van der Waals surface area contributed by atoms with Gasteiger partial charge < -0.3 is 4.74 Å². The summed E-state index contributed by atoms with van der Waals surface area (Å²) in [6.45, 7) is 3.01. The zero-order valence-electron chi connectivity index (χ0n) is 8.86. The number of hydrogen-bond donors (Lipinski definition) is 0. The molecule has 1 aliphatic rings. The van der Waals surface area contributed by atoms with Gasteiger partial charge in [-0.05, 0) is 24.6 Å². The van der Waals surface area contributed by atoms with Crippen molar-refractivity contribution in [1.29, 1.82) is 5.26 Å². The normalized spacial score (nSPS) is 18.0. The molecule has 0 atom stereocenters. The molecule has 0 bridgehead atoms. The zero-order valence-corrected chi connectivity index (χ0v) is 9.67. The van der Waals surface area contributed by atoms with Gasteiger partial charge in [-0.3, -0.25) is 0 Å². The van der Waals surface area contributed by atoms with Crippen LogP contribution >= 0.6 is 11.3 Å². The Kier molecular flexibility index (Phi) is 2.00. The summed E-state index contributed by atoms with van der Waals surface area (Å²) in [5.41, 5.74) is 1.64. The Balaban J connectivity index is 2.15. The van der Waals surface area contributed by atoms with Gasteiger partial charge >= 0.3 is 0 Å². The van der Waals surface area contributed by atoms with Crippen molar-refractivity contribution in [1.82, 2.24) is 4.98 Å². The van der Waals surface area contributed by atoms with E-state index in [0.29, 0.717) is 13.2 Å². The lowest BCUT2D eigenvalue weighted by molar-refractivity contribution is -0.0297. The summed E-state index contributed by atoms with van der Waals surface area (Å²) in [4.78, 5) is 4.41. The van der Waals surface area contributed by atoms with Gasteiger partial charge in [-0.2, -0.15) is 5.26 Å². The third-order valence-electron chi connectivity index (χ3n) is 2.96. The molecule has 80 valence electrons. The van der Waals surface area contributed by atoms with Crippen LogP contribution in [0.2, 0.25) is 0 Å². The molecule has 0 amide bonds. The number of ether oxygens (including phenoxy) is 1. The number of rotatable bonds is 1. The van der Waals surface area contributed by atoms with Crippen LogP contribution in [-0.4, -0.2) is 18.2 Å². The summed E-state index contributed by atoms with van der Waals surface area (Å²) in [5, 5.41) is 10.3. The van der Waals surface area contributed by atoms with Gasteiger partial charge in [0.15, 0.2) is 0 Å². The minimum Gasteiger partial charge on any atom is -0.377 e. The van der Waals surface area contributed by atoms with Crippen molar-refractivity contribution in [3.63, 3.8) is 0 Å². The van der Waals surface area contributed by atoms with Gasteiger partial charge in [-0.25, -0.2) is 4.98 Å². The first-order chi connectivity index (χ1) is 7.73. The van der Waals surface area contributed by atoms with Crippen LogP contribution in [0, 0.1) is 18.3 Å². The van der Waals surface area contributed by atoms with Crippen molar-refractivity contribution >= 4 is 21.6 Å². The van der Waals surface area contributed by atoms with Crippen LogP contribution in [0.4, 0.5) is 0 Å². The van der Waals surface area contributed by atoms with E-state index in [4.69, 9.17) is 4.74 Å². The Labute approximate surface area is 97.3 Å². The van der Waals surface area contributed by atoms with Crippen molar-refractivity contribution in [2.45, 2.75) is 12.3 Å². The fraction of sp³-hybridized carbons (Fsp3) is 0.333. The Bertz CT molecular complexity index is 593. The zero-order chi connectivity index (χ0) is 11.2. The summed E-state index contributed by atoms with van der Waals surface area (Å²) in [7, 11) is 0. The van der Waals surface area contributed by atoms with Crippen molar-refractivity contribution in [3.8, 4) is 6.07 Å². The highest BCUT2D eigenvalue weighted by atomic mass is 32.1. The summed E-state index contributed by atoms with van der Waals surface area (Å²) in [5.74, 6) is 0. The molecular weight excluding hydrogens is 220 g/mol. The Morgan fingerprint density at radius 2 is 2.31 bits per heavy atom. The third kappa shape index (κ3) is 1.26. The maximum Gasteiger partial charge on any atom is 0.129 e. The fourth-order valence-corrected chi connectivity index (χ4v) is 2.81. The predicted octanol–water partition coefficient (Wildman–Crippen LogP) is 2.40. The standard InChI is InChI=1S/C12H10N2OS/c1-8-14-10-3-2-9(4-11(10)16-8)12(5-13)6-15-7-12/h2-4H,6-7H2,1H3. The molecule has 4 heteroatoms. The van der Waals surface area contributed by atoms with Gasteiger partial charge in [-0.1, -0.05) is 6.07 Å². The third-order valence-corrected chi connectivity index (χ3v) is 3.89. The number of thiazole rings is 1. The lowest BCUT2D eigenvalue weighted by Crippen LogP contribution is -2.45. The second kappa shape index (κ2) is 3.27. The highest BCUT2D eigenvalue weighted by Gasteiger charge is 2.40. The molecule has 1 saturated heterocycles. The maximum absolute atomic E-state index is 9.23. The molecule has 3 rings (SSSR count). The number of nitriles is 1. The first-order valence-electron chi connectivity index (χ1n) is 5.10. The van der Waals surface area contributed by atoms with E-state index in [1.54, 1.807) is 11.3 Å². The van der Waals surface area contributed by atoms with Gasteiger partial charge in [0.05, 0.1) is 34.5 Å². The van der Waals surface area contributed by atoms with E-state index in [2.05, 4.69) is 17.1 Å². The highest BCUT2D eigenvalue weighted by Crippen LogP contribution is 2.34. The average molecular weight is 230 g/mol. The Morgan fingerprint density at radius 1 is 1.50 bits per heavy atom. The molecule has 0 saturated carbocycles. The van der Waals surface area contributed by atoms with Crippen LogP contribution < -0.4 is 0 Å². The van der Waals surface area contributed by atoms with E-state index in [-0.39, 0.29) is 0 Å². The minimum atomic E-state index is -0.425. The molecule has 0 radical (unpaired) electrons. The first kappa shape index (κ1) is 9.76. The molecule has 1 aliphatic heterocycles. The van der Waals surface area contributed by atoms with E-state index < -0.39 is 5.41 Å². The average Bonchev–Trinajstić information content (AvgIpc) is 2.56. The monoisotopic (exact) mass is 230 g/mol. The second-order valence-corrected chi connectivity index (χ2v) is 5.34. The van der Waals surface area contributed by atoms with E-state index in [1.165, 1.54) is 0 Å². The number of aromatic nitrogens is 1. The van der Waals surface area contributed by atoms with Crippen molar-refractivity contribution in [3.05, 3.63) is 28.8 Å². The lowest BCUT2D eigenvalue weighted by Gasteiger charge is -2.35. The molecule has 16 heavy (non-hydrogen) atoms. The lowest BCUT2D eigenvalue weighted by atomic mass is 9.80. The summed E-state index contributed by atoms with van der Waals surface area (Å²) in [6, 6.07) is 8.42. The fourth-order valence-electron chi connectivity index (χ4n) is 1.94. The molecule has 2 aromatic rings. The molecular formula is C12H10N2OS. The molecule has 1 aromatic carbocycles. The summed E-state index contributed by atoms with van der Waals surface area (Å²) < 4.78 is 6.32. The smallest absolute Gasteiger partial charge is 0.129 e. The van der Waals surface area contributed by atoms with Gasteiger partial charge in [0, 0.05) is 0 Å². The molecule has 2 heterocycles. The summed E-state index contributed by atoms with van der Waals surface area (Å²) >= 11 is 1.67. The number of benzene rings is 1. The van der Waals surface area contributed by atoms with Crippen LogP contribution in [0.5, 0.6) is 0 Å². The van der Waals surface area contributed by atoms with Crippen molar-refractivity contribution in [2.24, 2.45) is 0 Å². The number of hydrogen-bond acceptors (Lipinski definition) is 4. The molecule has 0 N–H and O–H groups in total. The van der Waals surface area contributed by atoms with Gasteiger partial charge in [-0.15, -0.1) is 11.3 Å². The van der Waals surface area contributed by atoms with E-state index in [0.717, 1.165) is 20.8 Å². The van der Waals surface area contributed by atoms with Gasteiger partial charge in [0.2, 0.25) is 0 Å². The molecule has 0 unspecified atom stereocenters. The highest BCUT2D eigenvalue weighted by molar-refractivity contribution is 7.18. The molecule has 1 fully saturated rings. The van der Waals surface area contributed by atoms with E-state index >= 15 is 0 Å². The predicted molar refractivity (Wildman–Crippen MR) is 62.5 cm³/mol. The van der Waals surface area contributed by atoms with Gasteiger partial charge in [0.25, 0.3) is 0 Å². The molecule has 3 nitrogen and oxygen atoms in total. The molecule has 1 aromatic heterocycles. The van der Waals surface area contributed by atoms with Crippen LogP contribution in [0.3, 0.4) is 0 Å².